The molecule has 2 nitrogen and oxygen atoms in total. The van der Waals surface area contributed by atoms with Gasteiger partial charge >= 0.3 is 0 Å². The van der Waals surface area contributed by atoms with Gasteiger partial charge < -0.3 is 10.4 Å². The van der Waals surface area contributed by atoms with E-state index in [0.717, 1.165) is 13.0 Å². The molecular weight excluding hydrogens is 138 g/mol. The topological polar surface area (TPSA) is 32.3 Å². The Morgan fingerprint density at radius 2 is 2.36 bits per heavy atom. The van der Waals surface area contributed by atoms with Gasteiger partial charge in [0.15, 0.2) is 0 Å². The maximum Gasteiger partial charge on any atom is 0.210 e. The van der Waals surface area contributed by atoms with Crippen LogP contribution in [0, 0.1) is 5.92 Å². The fourth-order valence-corrected chi connectivity index (χ4v) is 1.14. The van der Waals surface area contributed by atoms with Crippen LogP contribution >= 0.6 is 0 Å². The van der Waals surface area contributed by atoms with Crippen molar-refractivity contribution in [1.82, 2.24) is 5.32 Å². The molecule has 0 spiro atoms. The Morgan fingerprint density at radius 3 is 2.91 bits per heavy atom. The molecule has 2 N–H and O–H groups in total. The van der Waals surface area contributed by atoms with Crippen LogP contribution < -0.4 is 5.32 Å². The quantitative estimate of drug-likeness (QED) is 0.526. The van der Waals surface area contributed by atoms with Gasteiger partial charge in [0.2, 0.25) is 1.43 Å². The van der Waals surface area contributed by atoms with Crippen molar-refractivity contribution in [3.63, 3.8) is 0 Å². The van der Waals surface area contributed by atoms with Crippen LogP contribution in [0.15, 0.2) is 0 Å². The first-order valence-corrected chi connectivity index (χ1v) is 4.57. The molecule has 68 valence electrons. The number of aliphatic hydroxyl groups is 1. The van der Waals surface area contributed by atoms with Crippen LogP contribution in [0.5, 0.6) is 0 Å². The third-order valence-corrected chi connectivity index (χ3v) is 2.10. The normalized spacial score (nSPS) is 14.5. The van der Waals surface area contributed by atoms with Gasteiger partial charge in [-0.3, -0.25) is 0 Å². The largest absolute Gasteiger partial charge is 0.396 e. The van der Waals surface area contributed by atoms with Crippen LogP contribution in [0.1, 0.15) is 32.6 Å². The minimum Gasteiger partial charge on any atom is -0.396 e. The van der Waals surface area contributed by atoms with Gasteiger partial charge in [-0.25, -0.2) is 0 Å². The summed E-state index contributed by atoms with van der Waals surface area (Å²) in [4.78, 5) is 0. The molecule has 0 aromatic heterocycles. The lowest BCUT2D eigenvalue weighted by molar-refractivity contribution is 0.212. The predicted molar refractivity (Wildman–Crippen MR) is 48.6 cm³/mol. The van der Waals surface area contributed by atoms with E-state index in [0.29, 0.717) is 12.5 Å². The van der Waals surface area contributed by atoms with Crippen LogP contribution in [0.3, 0.4) is 0 Å². The highest BCUT2D eigenvalue weighted by molar-refractivity contribution is 4.55. The summed E-state index contributed by atoms with van der Waals surface area (Å²) in [7, 11) is 1.98. The highest BCUT2D eigenvalue weighted by Crippen LogP contribution is 2.10. The van der Waals surface area contributed by atoms with E-state index in [2.05, 4.69) is 17.3 Å². The second-order valence-electron chi connectivity index (χ2n) is 3.04. The molecule has 0 aromatic carbocycles. The SMILES string of the molecule is [2H]OCC(CC)CCCCNC. The molecule has 2 heteroatoms. The van der Waals surface area contributed by atoms with E-state index < -0.39 is 0 Å². The van der Waals surface area contributed by atoms with E-state index in [-0.39, 0.29) is 0 Å². The molecule has 1 unspecified atom stereocenters. The Morgan fingerprint density at radius 1 is 1.55 bits per heavy atom. The molecule has 0 aliphatic carbocycles. The van der Waals surface area contributed by atoms with Crippen LogP contribution in [0.4, 0.5) is 0 Å². The first-order valence-electron chi connectivity index (χ1n) is 4.98. The first-order chi connectivity index (χ1) is 5.85. The summed E-state index contributed by atoms with van der Waals surface area (Å²) in [5, 5.41) is 7.51. The first kappa shape index (κ1) is 9.01. The standard InChI is InChI=1S/C9H21NO/c1-3-9(8-11)6-4-5-7-10-2/h9-11H,3-8H2,1-2H3/i11D. The smallest absolute Gasteiger partial charge is 0.210 e. The molecule has 0 rings (SSSR count). The molecule has 0 amide bonds. The lowest BCUT2D eigenvalue weighted by Gasteiger charge is -2.10. The van der Waals surface area contributed by atoms with Crippen LogP contribution in [0.2, 0.25) is 0 Å². The van der Waals surface area contributed by atoms with E-state index in [9.17, 15) is 0 Å². The van der Waals surface area contributed by atoms with Crippen molar-refractivity contribution < 1.29 is 5.11 Å². The van der Waals surface area contributed by atoms with Crippen molar-refractivity contribution in [2.45, 2.75) is 32.6 Å². The summed E-state index contributed by atoms with van der Waals surface area (Å²) in [5.74, 6) is 0.583. The Bertz CT molecular complexity index is 90.6. The van der Waals surface area contributed by atoms with Gasteiger partial charge in [-0.15, -0.1) is 0 Å². The Hall–Kier alpha value is -0.0800. The van der Waals surface area contributed by atoms with Gasteiger partial charge in [0.1, 0.15) is 0 Å². The van der Waals surface area contributed by atoms with E-state index in [1.54, 1.807) is 0 Å². The summed E-state index contributed by atoms with van der Waals surface area (Å²) >= 11 is 0. The van der Waals surface area contributed by atoms with Gasteiger partial charge in [0.25, 0.3) is 0 Å². The Kier molecular flexibility index (Phi) is 6.57. The maximum atomic E-state index is 6.64. The van der Waals surface area contributed by atoms with Crippen molar-refractivity contribution >= 4 is 0 Å². The monoisotopic (exact) mass is 160 g/mol. The third-order valence-electron chi connectivity index (χ3n) is 2.10. The summed E-state index contributed by atoms with van der Waals surface area (Å²) in [6.45, 7) is 3.84. The van der Waals surface area contributed by atoms with E-state index in [4.69, 9.17) is 1.43 Å². The fraction of sp³-hybridized carbons (Fsp3) is 1.00. The summed E-state index contributed by atoms with van der Waals surface area (Å²) in [6.07, 6.45) is 4.78. The zero-order chi connectivity index (χ0) is 9.23. The second kappa shape index (κ2) is 8.02. The van der Waals surface area contributed by atoms with Crippen LogP contribution in [-0.4, -0.2) is 26.7 Å². The minimum atomic E-state index is 0.583. The summed E-state index contributed by atoms with van der Waals surface area (Å²) < 4.78 is 6.64. The summed E-state index contributed by atoms with van der Waals surface area (Å²) in [5.41, 5.74) is 0. The third kappa shape index (κ3) is 6.32. The molecule has 0 aliphatic heterocycles. The van der Waals surface area contributed by atoms with Crippen molar-refractivity contribution in [2.75, 3.05) is 20.2 Å². The van der Waals surface area contributed by atoms with Crippen molar-refractivity contribution in [2.24, 2.45) is 5.92 Å². The zero-order valence-electron chi connectivity index (χ0n) is 8.73. The molecule has 0 aliphatic rings. The predicted octanol–water partition coefficient (Wildman–Crippen LogP) is 1.39. The zero-order valence-corrected chi connectivity index (χ0v) is 7.73. The average Bonchev–Trinajstić information content (AvgIpc) is 2.10. The number of nitrogens with one attached hydrogen (secondary N) is 1. The molecule has 0 saturated carbocycles. The molecule has 0 aromatic rings. The Balaban J connectivity index is 3.19. The lowest BCUT2D eigenvalue weighted by Crippen LogP contribution is -2.09. The molecule has 0 saturated heterocycles. The molecule has 11 heavy (non-hydrogen) atoms. The fourth-order valence-electron chi connectivity index (χ4n) is 1.14. The molecule has 0 bridgehead atoms. The molecule has 0 radical (unpaired) electrons. The molecule has 0 heterocycles. The van der Waals surface area contributed by atoms with Crippen molar-refractivity contribution in [3.05, 3.63) is 0 Å². The molecule has 0 fully saturated rings. The van der Waals surface area contributed by atoms with Gasteiger partial charge in [0, 0.05) is 6.61 Å². The number of hydrogen-bond acceptors (Lipinski definition) is 2. The van der Waals surface area contributed by atoms with Gasteiger partial charge in [-0.2, -0.15) is 0 Å². The van der Waals surface area contributed by atoms with Gasteiger partial charge in [0.05, 0.1) is 0 Å². The van der Waals surface area contributed by atoms with Crippen molar-refractivity contribution in [1.29, 1.82) is 1.43 Å². The Labute approximate surface area is 71.5 Å². The van der Waals surface area contributed by atoms with Crippen LogP contribution in [-0.2, 0) is 0 Å². The van der Waals surface area contributed by atoms with E-state index in [1.807, 2.05) is 7.05 Å². The molecular formula is C9H21NO. The van der Waals surface area contributed by atoms with E-state index in [1.165, 1.54) is 19.3 Å². The van der Waals surface area contributed by atoms with Crippen LogP contribution in [0.25, 0.3) is 0 Å². The van der Waals surface area contributed by atoms with Gasteiger partial charge in [-0.05, 0) is 32.4 Å². The number of hydrogen-bond donors (Lipinski definition) is 2. The maximum absolute atomic E-state index is 6.64. The van der Waals surface area contributed by atoms with Gasteiger partial charge in [-0.1, -0.05) is 19.8 Å². The number of unbranched alkanes of at least 4 members (excludes halogenated alkanes) is 1. The van der Waals surface area contributed by atoms with Crippen molar-refractivity contribution in [3.8, 4) is 0 Å². The molecule has 1 atom stereocenters. The van der Waals surface area contributed by atoms with E-state index >= 15 is 0 Å². The number of aliphatic hydroxyl groups excluding tert-OH is 1. The lowest BCUT2D eigenvalue weighted by atomic mass is 10.0. The summed E-state index contributed by atoms with van der Waals surface area (Å²) in [6, 6.07) is 0. The highest BCUT2D eigenvalue weighted by Gasteiger charge is 2.02. The number of rotatable bonds is 8. The highest BCUT2D eigenvalue weighted by atomic mass is 16.3. The second-order valence-corrected chi connectivity index (χ2v) is 3.04. The minimum absolute atomic E-state index is 0.583. The average molecular weight is 160 g/mol.